The van der Waals surface area contributed by atoms with Gasteiger partial charge in [0.2, 0.25) is 11.8 Å². The van der Waals surface area contributed by atoms with Crippen molar-refractivity contribution < 1.29 is 14.4 Å². The zero-order chi connectivity index (χ0) is 20.8. The summed E-state index contributed by atoms with van der Waals surface area (Å²) in [6, 6.07) is 5.83. The Balaban J connectivity index is 1.52. The molecule has 3 unspecified atom stereocenters. The SMILES string of the molecule is CC1(C)S[C@@H]2C(NC(=O)C(NC(N)=O)c3ccccc3)C(=O)N2C1c1nnn[nH]1. The third kappa shape index (κ3) is 3.28. The molecule has 29 heavy (non-hydrogen) atoms. The highest BCUT2D eigenvalue weighted by atomic mass is 32.2. The summed E-state index contributed by atoms with van der Waals surface area (Å²) < 4.78 is -0.356. The summed E-state index contributed by atoms with van der Waals surface area (Å²) in [6.07, 6.45) is 0. The fraction of sp³-hybridized carbons (Fsp3) is 0.412. The first-order valence-electron chi connectivity index (χ1n) is 8.94. The first-order valence-corrected chi connectivity index (χ1v) is 9.82. The van der Waals surface area contributed by atoms with E-state index in [0.717, 1.165) is 0 Å². The maximum absolute atomic E-state index is 12.9. The smallest absolute Gasteiger partial charge is 0.313 e. The highest BCUT2D eigenvalue weighted by Gasteiger charge is 2.63. The molecule has 11 nitrogen and oxygen atoms in total. The van der Waals surface area contributed by atoms with E-state index in [0.29, 0.717) is 11.4 Å². The van der Waals surface area contributed by atoms with Gasteiger partial charge in [0, 0.05) is 4.75 Å². The van der Waals surface area contributed by atoms with Crippen LogP contribution in [0.2, 0.25) is 0 Å². The molecule has 0 aliphatic carbocycles. The average molecular weight is 416 g/mol. The minimum absolute atomic E-state index is 0.228. The van der Waals surface area contributed by atoms with Crippen molar-refractivity contribution in [1.29, 1.82) is 0 Å². The molecule has 0 radical (unpaired) electrons. The van der Waals surface area contributed by atoms with Crippen molar-refractivity contribution in [2.24, 2.45) is 5.73 Å². The van der Waals surface area contributed by atoms with Gasteiger partial charge in [-0.15, -0.1) is 16.9 Å². The number of hydrogen-bond donors (Lipinski definition) is 4. The summed E-state index contributed by atoms with van der Waals surface area (Å²) >= 11 is 1.56. The van der Waals surface area contributed by atoms with E-state index in [-0.39, 0.29) is 22.1 Å². The van der Waals surface area contributed by atoms with Gasteiger partial charge in [-0.3, -0.25) is 9.59 Å². The summed E-state index contributed by atoms with van der Waals surface area (Å²) in [5, 5.41) is 18.8. The van der Waals surface area contributed by atoms with Crippen LogP contribution in [0.1, 0.15) is 37.3 Å². The van der Waals surface area contributed by atoms with Crippen molar-refractivity contribution >= 4 is 29.6 Å². The molecule has 2 aromatic rings. The molecular formula is C17H20N8O3S. The van der Waals surface area contributed by atoms with Crippen molar-refractivity contribution in [2.75, 3.05) is 0 Å². The highest BCUT2D eigenvalue weighted by Crippen LogP contribution is 2.56. The molecule has 152 valence electrons. The van der Waals surface area contributed by atoms with Crippen molar-refractivity contribution in [1.82, 2.24) is 36.2 Å². The van der Waals surface area contributed by atoms with Crippen LogP contribution < -0.4 is 16.4 Å². The molecule has 0 spiro atoms. The van der Waals surface area contributed by atoms with E-state index in [1.807, 2.05) is 13.8 Å². The molecule has 1 aromatic carbocycles. The molecule has 2 aliphatic heterocycles. The van der Waals surface area contributed by atoms with E-state index in [1.165, 1.54) is 0 Å². The maximum atomic E-state index is 12.9. The van der Waals surface area contributed by atoms with Crippen LogP contribution >= 0.6 is 11.8 Å². The Hall–Kier alpha value is -3.15. The van der Waals surface area contributed by atoms with Crippen LogP contribution in [-0.2, 0) is 9.59 Å². The number of aromatic amines is 1. The van der Waals surface area contributed by atoms with Gasteiger partial charge >= 0.3 is 6.03 Å². The van der Waals surface area contributed by atoms with Gasteiger partial charge in [0.05, 0.1) is 0 Å². The number of aromatic nitrogens is 4. The van der Waals surface area contributed by atoms with Crippen LogP contribution in [0.5, 0.6) is 0 Å². The van der Waals surface area contributed by atoms with E-state index in [4.69, 9.17) is 5.73 Å². The second-order valence-electron chi connectivity index (χ2n) is 7.38. The molecular weight excluding hydrogens is 396 g/mol. The van der Waals surface area contributed by atoms with Gasteiger partial charge in [0.25, 0.3) is 0 Å². The number of primary amides is 1. The summed E-state index contributed by atoms with van der Waals surface area (Å²) in [4.78, 5) is 38.8. The van der Waals surface area contributed by atoms with Gasteiger partial charge in [0.15, 0.2) is 5.82 Å². The number of nitrogens with two attached hydrogens (primary N) is 1. The fourth-order valence-electron chi connectivity index (χ4n) is 3.80. The number of urea groups is 1. The molecule has 0 saturated carbocycles. The number of fused-ring (bicyclic) bond motifs is 1. The zero-order valence-electron chi connectivity index (χ0n) is 15.7. The number of benzene rings is 1. The molecule has 12 heteroatoms. The van der Waals surface area contributed by atoms with E-state index in [1.54, 1.807) is 47.0 Å². The number of amides is 4. The predicted octanol–water partition coefficient (Wildman–Crippen LogP) is -0.171. The minimum Gasteiger partial charge on any atom is -0.352 e. The topological polar surface area (TPSA) is 159 Å². The Morgan fingerprint density at radius 3 is 2.66 bits per heavy atom. The Kier molecular flexibility index (Phi) is 4.65. The summed E-state index contributed by atoms with van der Waals surface area (Å²) in [6.45, 7) is 3.99. The molecule has 4 amide bonds. The third-order valence-electron chi connectivity index (χ3n) is 5.04. The lowest BCUT2D eigenvalue weighted by Crippen LogP contribution is -2.68. The van der Waals surface area contributed by atoms with Crippen molar-refractivity contribution in [2.45, 2.75) is 42.1 Å². The quantitative estimate of drug-likeness (QED) is 0.492. The number of nitrogens with one attached hydrogen (secondary N) is 3. The van der Waals surface area contributed by atoms with E-state index < -0.39 is 24.0 Å². The van der Waals surface area contributed by atoms with Gasteiger partial charge in [-0.2, -0.15) is 0 Å². The number of carbonyl (C=O) groups excluding carboxylic acids is 3. The molecule has 0 bridgehead atoms. The Morgan fingerprint density at radius 2 is 2.03 bits per heavy atom. The monoisotopic (exact) mass is 416 g/mol. The number of H-pyrrole nitrogens is 1. The van der Waals surface area contributed by atoms with E-state index in [2.05, 4.69) is 31.3 Å². The molecule has 3 heterocycles. The van der Waals surface area contributed by atoms with Gasteiger partial charge in [-0.1, -0.05) is 30.3 Å². The first-order chi connectivity index (χ1) is 13.8. The van der Waals surface area contributed by atoms with Crippen molar-refractivity contribution in [3.8, 4) is 0 Å². The number of β-lactam (4-membered cyclic amide) rings is 1. The lowest BCUT2D eigenvalue weighted by atomic mass is 9.95. The molecule has 4 atom stereocenters. The van der Waals surface area contributed by atoms with Crippen LogP contribution in [0.15, 0.2) is 30.3 Å². The number of carbonyl (C=O) groups is 3. The summed E-state index contributed by atoms with van der Waals surface area (Å²) in [5.41, 5.74) is 5.80. The fourth-order valence-corrected chi connectivity index (χ4v) is 5.43. The molecule has 2 fully saturated rings. The third-order valence-corrected chi connectivity index (χ3v) is 6.61. The number of tetrazole rings is 1. The maximum Gasteiger partial charge on any atom is 0.313 e. The highest BCUT2D eigenvalue weighted by molar-refractivity contribution is 8.01. The number of nitrogens with zero attached hydrogens (tertiary/aromatic N) is 4. The van der Waals surface area contributed by atoms with Gasteiger partial charge in [0.1, 0.15) is 23.5 Å². The van der Waals surface area contributed by atoms with Gasteiger partial charge < -0.3 is 21.3 Å². The van der Waals surface area contributed by atoms with E-state index in [9.17, 15) is 14.4 Å². The van der Waals surface area contributed by atoms with Crippen molar-refractivity contribution in [3.63, 3.8) is 0 Å². The van der Waals surface area contributed by atoms with Crippen LogP contribution in [0.25, 0.3) is 0 Å². The zero-order valence-corrected chi connectivity index (χ0v) is 16.5. The first kappa shape index (κ1) is 19.2. The molecule has 5 N–H and O–H groups in total. The molecule has 2 aliphatic rings. The second-order valence-corrected chi connectivity index (χ2v) is 9.16. The summed E-state index contributed by atoms with van der Waals surface area (Å²) in [7, 11) is 0. The normalized spacial score (nSPS) is 25.7. The molecule has 2 saturated heterocycles. The Morgan fingerprint density at radius 1 is 1.31 bits per heavy atom. The Labute approximate surface area is 170 Å². The second kappa shape index (κ2) is 7.03. The number of hydrogen-bond acceptors (Lipinski definition) is 7. The van der Waals surface area contributed by atoms with E-state index >= 15 is 0 Å². The van der Waals surface area contributed by atoms with Crippen LogP contribution in [-0.4, -0.2) is 59.5 Å². The minimum atomic E-state index is -0.996. The molecule has 1 aromatic heterocycles. The predicted molar refractivity (Wildman–Crippen MR) is 103 cm³/mol. The standard InChI is InChI=1S/C17H20N8O3S/c1-17(2)11(12-21-23-24-22-12)25-14(27)10(15(25)29-17)19-13(26)9(20-16(18)28)8-6-4-3-5-7-8/h3-7,9-11,15H,1-2H3,(H,19,26)(H3,18,20,28)(H,21,22,23,24)/t9?,10?,11?,15-/m1/s1. The van der Waals surface area contributed by atoms with Crippen LogP contribution in [0.4, 0.5) is 4.79 Å². The van der Waals surface area contributed by atoms with Crippen LogP contribution in [0.3, 0.4) is 0 Å². The summed E-state index contributed by atoms with van der Waals surface area (Å²) in [5.74, 6) is -0.231. The van der Waals surface area contributed by atoms with Gasteiger partial charge in [-0.05, 0) is 29.8 Å². The van der Waals surface area contributed by atoms with Crippen LogP contribution in [0, 0.1) is 0 Å². The lowest BCUT2D eigenvalue weighted by molar-refractivity contribution is -0.152. The Bertz CT molecular complexity index is 935. The average Bonchev–Trinajstić information content (AvgIpc) is 3.28. The number of rotatable bonds is 5. The largest absolute Gasteiger partial charge is 0.352 e. The molecule has 4 rings (SSSR count). The number of thioether (sulfide) groups is 1. The van der Waals surface area contributed by atoms with Crippen molar-refractivity contribution in [3.05, 3.63) is 41.7 Å². The lowest BCUT2D eigenvalue weighted by Gasteiger charge is -2.44. The van der Waals surface area contributed by atoms with Gasteiger partial charge in [-0.25, -0.2) is 9.89 Å².